The summed E-state index contributed by atoms with van der Waals surface area (Å²) in [5.41, 5.74) is 0. The molecule has 0 heterocycles. The normalized spacial score (nSPS) is 14.1. The van der Waals surface area contributed by atoms with Gasteiger partial charge in [-0.15, -0.1) is 0 Å². The Kier molecular flexibility index (Phi) is 12.2. The maximum Gasteiger partial charge on any atom is 0.309 e. The average molecular weight is 270 g/mol. The topological polar surface area (TPSA) is 26.3 Å². The number of ether oxygens (including phenoxy) is 1. The molecule has 0 N–H and O–H groups in total. The third-order valence-corrected chi connectivity index (χ3v) is 3.66. The van der Waals surface area contributed by atoms with Crippen LogP contribution in [0.1, 0.15) is 91.9 Å². The first kappa shape index (κ1) is 18.5. The van der Waals surface area contributed by atoms with Crippen LogP contribution < -0.4 is 0 Å². The Morgan fingerprint density at radius 2 is 1.47 bits per heavy atom. The van der Waals surface area contributed by atoms with Crippen LogP contribution >= 0.6 is 0 Å². The van der Waals surface area contributed by atoms with Crippen molar-refractivity contribution in [3.63, 3.8) is 0 Å². The summed E-state index contributed by atoms with van der Waals surface area (Å²) in [5, 5.41) is 0. The van der Waals surface area contributed by atoms with Gasteiger partial charge in [-0.25, -0.2) is 0 Å². The number of rotatable bonds is 12. The minimum absolute atomic E-state index is 0.0471. The van der Waals surface area contributed by atoms with E-state index in [-0.39, 0.29) is 18.0 Å². The van der Waals surface area contributed by atoms with Crippen molar-refractivity contribution in [3.05, 3.63) is 0 Å². The average Bonchev–Trinajstić information content (AvgIpc) is 2.38. The lowest BCUT2D eigenvalue weighted by Gasteiger charge is -2.19. The zero-order valence-electron chi connectivity index (χ0n) is 13.5. The molecule has 0 amide bonds. The van der Waals surface area contributed by atoms with Crippen LogP contribution in [0.15, 0.2) is 0 Å². The minimum atomic E-state index is 0.0471. The summed E-state index contributed by atoms with van der Waals surface area (Å²) in [5.74, 6) is 0.182. The van der Waals surface area contributed by atoms with E-state index in [0.29, 0.717) is 0 Å². The SMILES string of the molecule is CCCCCCC(CCCC)C(=O)OC(C)CCC. The summed E-state index contributed by atoms with van der Waals surface area (Å²) in [6.07, 6.45) is 11.4. The number of carbonyl (C=O) groups is 1. The first-order valence-corrected chi connectivity index (χ1v) is 8.36. The van der Waals surface area contributed by atoms with Crippen LogP contribution in [0.2, 0.25) is 0 Å². The minimum Gasteiger partial charge on any atom is -0.462 e. The fraction of sp³-hybridized carbons (Fsp3) is 0.941. The molecule has 0 aromatic rings. The van der Waals surface area contributed by atoms with E-state index in [1.54, 1.807) is 0 Å². The van der Waals surface area contributed by atoms with Crippen molar-refractivity contribution >= 4 is 5.97 Å². The fourth-order valence-corrected chi connectivity index (χ4v) is 2.41. The second-order valence-electron chi connectivity index (χ2n) is 5.72. The summed E-state index contributed by atoms with van der Waals surface area (Å²) in [4.78, 5) is 12.2. The van der Waals surface area contributed by atoms with Crippen LogP contribution in [0, 0.1) is 5.92 Å². The van der Waals surface area contributed by atoms with Gasteiger partial charge in [0.15, 0.2) is 0 Å². The highest BCUT2D eigenvalue weighted by atomic mass is 16.5. The van der Waals surface area contributed by atoms with Crippen LogP contribution in [-0.2, 0) is 9.53 Å². The van der Waals surface area contributed by atoms with Crippen LogP contribution in [0.3, 0.4) is 0 Å². The highest BCUT2D eigenvalue weighted by Crippen LogP contribution is 2.20. The summed E-state index contributed by atoms with van der Waals surface area (Å²) in [7, 11) is 0. The molecule has 0 saturated carbocycles. The van der Waals surface area contributed by atoms with Gasteiger partial charge in [-0.05, 0) is 26.2 Å². The van der Waals surface area contributed by atoms with Gasteiger partial charge in [0.1, 0.15) is 0 Å². The van der Waals surface area contributed by atoms with Gasteiger partial charge >= 0.3 is 5.97 Å². The quantitative estimate of drug-likeness (QED) is 0.346. The molecule has 2 unspecified atom stereocenters. The van der Waals surface area contributed by atoms with Crippen LogP contribution in [0.25, 0.3) is 0 Å². The molecule has 2 nitrogen and oxygen atoms in total. The third kappa shape index (κ3) is 9.98. The Bertz CT molecular complexity index is 213. The van der Waals surface area contributed by atoms with Crippen LogP contribution in [-0.4, -0.2) is 12.1 Å². The zero-order chi connectivity index (χ0) is 14.5. The number of unbranched alkanes of at least 4 members (excludes halogenated alkanes) is 4. The molecule has 0 aliphatic rings. The zero-order valence-corrected chi connectivity index (χ0v) is 13.5. The van der Waals surface area contributed by atoms with Crippen molar-refractivity contribution in [3.8, 4) is 0 Å². The third-order valence-electron chi connectivity index (χ3n) is 3.66. The van der Waals surface area contributed by atoms with E-state index in [1.807, 2.05) is 6.92 Å². The van der Waals surface area contributed by atoms with E-state index in [4.69, 9.17) is 4.74 Å². The molecule has 0 radical (unpaired) electrons. The molecule has 0 saturated heterocycles. The molecule has 0 aliphatic heterocycles. The maximum absolute atomic E-state index is 12.2. The van der Waals surface area contributed by atoms with E-state index >= 15 is 0 Å². The number of esters is 1. The van der Waals surface area contributed by atoms with Crippen molar-refractivity contribution < 1.29 is 9.53 Å². The van der Waals surface area contributed by atoms with E-state index in [2.05, 4.69) is 20.8 Å². The molecule has 2 heteroatoms. The number of hydrogen-bond donors (Lipinski definition) is 0. The van der Waals surface area contributed by atoms with Crippen LogP contribution in [0.5, 0.6) is 0 Å². The second-order valence-corrected chi connectivity index (χ2v) is 5.72. The predicted octanol–water partition coefficient (Wildman–Crippen LogP) is 5.50. The number of hydrogen-bond acceptors (Lipinski definition) is 2. The maximum atomic E-state index is 12.2. The molecule has 0 bridgehead atoms. The molecule has 0 aliphatic carbocycles. The summed E-state index contributed by atoms with van der Waals surface area (Å²) in [6, 6.07) is 0. The van der Waals surface area contributed by atoms with Gasteiger partial charge in [-0.2, -0.15) is 0 Å². The first-order chi connectivity index (χ1) is 9.15. The Morgan fingerprint density at radius 1 is 0.842 bits per heavy atom. The van der Waals surface area contributed by atoms with Crippen LogP contribution in [0.4, 0.5) is 0 Å². The molecule has 0 rings (SSSR count). The van der Waals surface area contributed by atoms with Crippen molar-refractivity contribution in [2.75, 3.05) is 0 Å². The second kappa shape index (κ2) is 12.5. The first-order valence-electron chi connectivity index (χ1n) is 8.36. The lowest BCUT2D eigenvalue weighted by molar-refractivity contribution is -0.154. The Hall–Kier alpha value is -0.530. The molecule has 2 atom stereocenters. The van der Waals surface area contributed by atoms with Crippen molar-refractivity contribution in [2.24, 2.45) is 5.92 Å². The molecule has 0 aromatic carbocycles. The monoisotopic (exact) mass is 270 g/mol. The molecule has 19 heavy (non-hydrogen) atoms. The van der Waals surface area contributed by atoms with Gasteiger partial charge in [-0.1, -0.05) is 65.7 Å². The van der Waals surface area contributed by atoms with Gasteiger partial charge < -0.3 is 4.74 Å². The van der Waals surface area contributed by atoms with E-state index in [0.717, 1.165) is 38.5 Å². The lowest BCUT2D eigenvalue weighted by atomic mass is 9.95. The smallest absolute Gasteiger partial charge is 0.309 e. The van der Waals surface area contributed by atoms with Gasteiger partial charge in [0.05, 0.1) is 12.0 Å². The van der Waals surface area contributed by atoms with Gasteiger partial charge in [0, 0.05) is 0 Å². The summed E-state index contributed by atoms with van der Waals surface area (Å²) in [6.45, 7) is 8.54. The molecular formula is C17H34O2. The number of carbonyl (C=O) groups excluding carboxylic acids is 1. The van der Waals surface area contributed by atoms with Crippen molar-refractivity contribution in [1.29, 1.82) is 0 Å². The Morgan fingerprint density at radius 3 is 2.05 bits per heavy atom. The van der Waals surface area contributed by atoms with Crippen molar-refractivity contribution in [1.82, 2.24) is 0 Å². The van der Waals surface area contributed by atoms with E-state index in [9.17, 15) is 4.79 Å². The lowest BCUT2D eigenvalue weighted by Crippen LogP contribution is -2.22. The van der Waals surface area contributed by atoms with Gasteiger partial charge in [0.25, 0.3) is 0 Å². The Balaban J connectivity index is 4.10. The Labute approximate surface area is 120 Å². The highest BCUT2D eigenvalue weighted by molar-refractivity contribution is 5.72. The predicted molar refractivity (Wildman–Crippen MR) is 82.2 cm³/mol. The summed E-state index contributed by atoms with van der Waals surface area (Å²) < 4.78 is 5.57. The fourth-order valence-electron chi connectivity index (χ4n) is 2.41. The van der Waals surface area contributed by atoms with E-state index < -0.39 is 0 Å². The van der Waals surface area contributed by atoms with Gasteiger partial charge in [0.2, 0.25) is 0 Å². The largest absolute Gasteiger partial charge is 0.462 e. The molecule has 0 fully saturated rings. The molecular weight excluding hydrogens is 236 g/mol. The van der Waals surface area contributed by atoms with E-state index in [1.165, 1.54) is 25.7 Å². The van der Waals surface area contributed by atoms with Crippen molar-refractivity contribution in [2.45, 2.75) is 98.0 Å². The highest BCUT2D eigenvalue weighted by Gasteiger charge is 2.20. The standard InChI is InChI=1S/C17H34O2/c1-5-8-10-11-14-16(13-9-6-2)17(18)19-15(4)12-7-3/h15-16H,5-14H2,1-4H3. The summed E-state index contributed by atoms with van der Waals surface area (Å²) >= 11 is 0. The molecule has 0 spiro atoms. The molecule has 114 valence electrons. The molecule has 0 aromatic heterocycles. The van der Waals surface area contributed by atoms with Gasteiger partial charge in [-0.3, -0.25) is 4.79 Å².